The van der Waals surface area contributed by atoms with Crippen LogP contribution in [-0.2, 0) is 12.0 Å². The topological polar surface area (TPSA) is 12.0 Å². The van der Waals surface area contributed by atoms with Crippen molar-refractivity contribution in [3.05, 3.63) is 71.8 Å². The van der Waals surface area contributed by atoms with Gasteiger partial charge in [0.15, 0.2) is 0 Å². The van der Waals surface area contributed by atoms with E-state index in [1.807, 2.05) is 0 Å². The third-order valence-electron chi connectivity index (χ3n) is 4.94. The molecule has 0 spiro atoms. The molecule has 1 aliphatic carbocycles. The molecule has 1 nitrogen and oxygen atoms in total. The second-order valence-electron chi connectivity index (χ2n) is 6.74. The van der Waals surface area contributed by atoms with Gasteiger partial charge in [0, 0.05) is 11.6 Å². The zero-order chi connectivity index (χ0) is 15.3. The summed E-state index contributed by atoms with van der Waals surface area (Å²) in [6, 6.07) is 22.4. The van der Waals surface area contributed by atoms with Crippen LogP contribution >= 0.6 is 0 Å². The Morgan fingerprint density at radius 1 is 0.864 bits per heavy atom. The Hall–Kier alpha value is -1.60. The van der Waals surface area contributed by atoms with Gasteiger partial charge in [-0.3, -0.25) is 0 Å². The van der Waals surface area contributed by atoms with Gasteiger partial charge in [0.1, 0.15) is 0 Å². The molecular formula is C21H27N. The summed E-state index contributed by atoms with van der Waals surface area (Å²) in [5.41, 5.74) is 3.06. The van der Waals surface area contributed by atoms with Crippen molar-refractivity contribution in [3.8, 4) is 0 Å². The molecule has 0 bridgehead atoms. The molecule has 116 valence electrons. The molecule has 1 N–H and O–H groups in total. The zero-order valence-electron chi connectivity index (χ0n) is 13.6. The van der Waals surface area contributed by atoms with E-state index >= 15 is 0 Å². The highest BCUT2D eigenvalue weighted by Gasteiger charge is 2.34. The van der Waals surface area contributed by atoms with E-state index in [1.165, 1.54) is 43.2 Å². The molecule has 0 saturated heterocycles. The van der Waals surface area contributed by atoms with Crippen LogP contribution in [0.5, 0.6) is 0 Å². The molecule has 0 radical (unpaired) electrons. The molecule has 2 aromatic carbocycles. The lowest BCUT2D eigenvalue weighted by Gasteiger charge is -2.41. The van der Waals surface area contributed by atoms with E-state index in [2.05, 4.69) is 72.9 Å². The van der Waals surface area contributed by atoms with E-state index < -0.39 is 0 Å². The first-order valence-corrected chi connectivity index (χ1v) is 8.66. The molecule has 1 fully saturated rings. The van der Waals surface area contributed by atoms with Gasteiger partial charge in [-0.25, -0.2) is 0 Å². The number of benzene rings is 2. The minimum atomic E-state index is 0.174. The highest BCUT2D eigenvalue weighted by Crippen LogP contribution is 2.37. The van der Waals surface area contributed by atoms with Crippen molar-refractivity contribution in [2.45, 2.75) is 57.0 Å². The van der Waals surface area contributed by atoms with Gasteiger partial charge in [0.2, 0.25) is 0 Å². The monoisotopic (exact) mass is 293 g/mol. The summed E-state index contributed by atoms with van der Waals surface area (Å²) in [5.74, 6) is 0. The molecule has 0 unspecified atom stereocenters. The van der Waals surface area contributed by atoms with E-state index in [4.69, 9.17) is 0 Å². The maximum atomic E-state index is 4.00. The van der Waals surface area contributed by atoms with Crippen molar-refractivity contribution in [1.29, 1.82) is 0 Å². The molecule has 1 heteroatoms. The van der Waals surface area contributed by atoms with Gasteiger partial charge in [-0.2, -0.15) is 0 Å². The van der Waals surface area contributed by atoms with Crippen molar-refractivity contribution in [1.82, 2.24) is 5.32 Å². The average molecular weight is 293 g/mol. The number of hydrogen-bond donors (Lipinski definition) is 1. The highest BCUT2D eigenvalue weighted by atomic mass is 15.0. The lowest BCUT2D eigenvalue weighted by molar-refractivity contribution is 0.211. The normalized spacial score (nSPS) is 18.8. The highest BCUT2D eigenvalue weighted by molar-refractivity contribution is 5.26. The van der Waals surface area contributed by atoms with Gasteiger partial charge in [-0.1, -0.05) is 79.9 Å². The lowest BCUT2D eigenvalue weighted by atomic mass is 9.76. The minimum Gasteiger partial charge on any atom is -0.305 e. The number of hydrogen-bond acceptors (Lipinski definition) is 1. The molecule has 0 aromatic heterocycles. The van der Waals surface area contributed by atoms with Gasteiger partial charge in [-0.15, -0.1) is 0 Å². The summed E-state index contributed by atoms with van der Waals surface area (Å²) in [7, 11) is 0. The zero-order valence-corrected chi connectivity index (χ0v) is 13.6. The molecule has 0 aliphatic heterocycles. The van der Waals surface area contributed by atoms with Crippen molar-refractivity contribution < 1.29 is 0 Å². The molecule has 3 rings (SSSR count). The molecular weight excluding hydrogens is 266 g/mol. The molecule has 1 saturated carbocycles. The Morgan fingerprint density at radius 2 is 1.45 bits per heavy atom. The average Bonchev–Trinajstić information content (AvgIpc) is 2.57. The van der Waals surface area contributed by atoms with Gasteiger partial charge >= 0.3 is 0 Å². The van der Waals surface area contributed by atoms with Gasteiger partial charge in [0.25, 0.3) is 0 Å². The van der Waals surface area contributed by atoms with Crippen LogP contribution in [0, 0.1) is 0 Å². The van der Waals surface area contributed by atoms with Crippen molar-refractivity contribution in [2.24, 2.45) is 0 Å². The number of rotatable bonds is 5. The molecule has 2 aromatic rings. The predicted molar refractivity (Wildman–Crippen MR) is 93.9 cm³/mol. The van der Waals surface area contributed by atoms with Crippen LogP contribution in [0.15, 0.2) is 60.7 Å². The van der Waals surface area contributed by atoms with Crippen LogP contribution < -0.4 is 5.32 Å². The van der Waals surface area contributed by atoms with Crippen LogP contribution in [0.25, 0.3) is 0 Å². The fourth-order valence-electron chi connectivity index (χ4n) is 3.92. The van der Waals surface area contributed by atoms with Crippen molar-refractivity contribution >= 4 is 0 Å². The van der Waals surface area contributed by atoms with Crippen LogP contribution in [-0.4, -0.2) is 6.04 Å². The first kappa shape index (κ1) is 15.3. The SMILES string of the molecule is C[C@@H](Cc1ccccc1)NC1(c2ccccc2)CCCCC1. The molecule has 1 aliphatic rings. The van der Waals surface area contributed by atoms with Crippen LogP contribution in [0.2, 0.25) is 0 Å². The Balaban J connectivity index is 1.76. The van der Waals surface area contributed by atoms with Crippen LogP contribution in [0.4, 0.5) is 0 Å². The Morgan fingerprint density at radius 3 is 2.09 bits per heavy atom. The molecule has 0 amide bonds. The van der Waals surface area contributed by atoms with E-state index in [1.54, 1.807) is 0 Å². The number of nitrogens with one attached hydrogen (secondary N) is 1. The maximum Gasteiger partial charge on any atom is 0.0436 e. The molecule has 0 heterocycles. The fraction of sp³-hybridized carbons (Fsp3) is 0.429. The van der Waals surface area contributed by atoms with E-state index in [9.17, 15) is 0 Å². The smallest absolute Gasteiger partial charge is 0.0436 e. The third kappa shape index (κ3) is 3.59. The summed E-state index contributed by atoms with van der Waals surface area (Å²) < 4.78 is 0. The second-order valence-corrected chi connectivity index (χ2v) is 6.74. The summed E-state index contributed by atoms with van der Waals surface area (Å²) in [6.07, 6.45) is 7.66. The largest absolute Gasteiger partial charge is 0.305 e. The molecule has 1 atom stereocenters. The third-order valence-corrected chi connectivity index (χ3v) is 4.94. The van der Waals surface area contributed by atoms with Gasteiger partial charge in [0.05, 0.1) is 0 Å². The van der Waals surface area contributed by atoms with Gasteiger partial charge in [-0.05, 0) is 37.3 Å². The second kappa shape index (κ2) is 7.11. The lowest BCUT2D eigenvalue weighted by Crippen LogP contribution is -2.48. The van der Waals surface area contributed by atoms with E-state index in [0.717, 1.165) is 6.42 Å². The molecule has 22 heavy (non-hydrogen) atoms. The summed E-state index contributed by atoms with van der Waals surface area (Å²) in [4.78, 5) is 0. The Bertz CT molecular complexity index is 555. The first-order chi connectivity index (χ1) is 10.8. The Kier molecular flexibility index (Phi) is 4.94. The van der Waals surface area contributed by atoms with Crippen LogP contribution in [0.1, 0.15) is 50.2 Å². The summed E-state index contributed by atoms with van der Waals surface area (Å²) in [6.45, 7) is 2.33. The summed E-state index contributed by atoms with van der Waals surface area (Å²) >= 11 is 0. The van der Waals surface area contributed by atoms with E-state index in [0.29, 0.717) is 6.04 Å². The predicted octanol–water partition coefficient (Wildman–Crippen LogP) is 5.07. The fourth-order valence-corrected chi connectivity index (χ4v) is 3.92. The quantitative estimate of drug-likeness (QED) is 0.812. The van der Waals surface area contributed by atoms with Crippen LogP contribution in [0.3, 0.4) is 0 Å². The minimum absolute atomic E-state index is 0.174. The first-order valence-electron chi connectivity index (χ1n) is 8.66. The summed E-state index contributed by atoms with van der Waals surface area (Å²) in [5, 5.41) is 4.00. The van der Waals surface area contributed by atoms with Crippen molar-refractivity contribution in [2.75, 3.05) is 0 Å². The Labute approximate surface area is 134 Å². The van der Waals surface area contributed by atoms with Gasteiger partial charge < -0.3 is 5.32 Å². The van der Waals surface area contributed by atoms with E-state index in [-0.39, 0.29) is 5.54 Å². The van der Waals surface area contributed by atoms with Crippen molar-refractivity contribution in [3.63, 3.8) is 0 Å². The maximum absolute atomic E-state index is 4.00. The standard InChI is InChI=1S/C21H27N/c1-18(17-19-11-5-2-6-12-19)22-21(15-9-4-10-16-21)20-13-7-3-8-14-20/h2-3,5-8,11-14,18,22H,4,9-10,15-17H2,1H3/t18-/m0/s1.